The third-order valence-electron chi connectivity index (χ3n) is 3.08. The first kappa shape index (κ1) is 19.9. The van der Waals surface area contributed by atoms with E-state index < -0.39 is 12.0 Å². The Morgan fingerprint density at radius 3 is 2.50 bits per heavy atom. The molecule has 0 saturated heterocycles. The molecule has 0 aromatic heterocycles. The molecule has 132 valence electrons. The van der Waals surface area contributed by atoms with Crippen LogP contribution < -0.4 is 10.6 Å². The molecule has 24 heavy (non-hydrogen) atoms. The number of carbonyl (C=O) groups is 3. The van der Waals surface area contributed by atoms with Crippen LogP contribution >= 0.6 is 11.6 Å². The Morgan fingerprint density at radius 1 is 1.17 bits per heavy atom. The van der Waals surface area contributed by atoms with Gasteiger partial charge in [0.15, 0.2) is 0 Å². The van der Waals surface area contributed by atoms with E-state index in [-0.39, 0.29) is 25.6 Å². The SMILES string of the molecule is CCOC(=O)NC(=O)CN(CC)CC(=O)NCc1cccc(Cl)c1. The van der Waals surface area contributed by atoms with Gasteiger partial charge in [0.05, 0.1) is 19.7 Å². The Bertz CT molecular complexity index is 580. The molecule has 0 radical (unpaired) electrons. The lowest BCUT2D eigenvalue weighted by Crippen LogP contribution is -2.44. The van der Waals surface area contributed by atoms with Crippen LogP contribution in [0.1, 0.15) is 19.4 Å². The van der Waals surface area contributed by atoms with Gasteiger partial charge in [0.1, 0.15) is 0 Å². The number of halogens is 1. The van der Waals surface area contributed by atoms with Crippen molar-refractivity contribution < 1.29 is 19.1 Å². The van der Waals surface area contributed by atoms with Gasteiger partial charge in [-0.05, 0) is 31.2 Å². The number of likely N-dealkylation sites (N-methyl/N-ethyl adjacent to an activating group) is 1. The normalized spacial score (nSPS) is 10.3. The summed E-state index contributed by atoms with van der Waals surface area (Å²) in [6.07, 6.45) is -0.788. The molecule has 0 heterocycles. The number of nitrogens with zero attached hydrogens (tertiary/aromatic N) is 1. The summed E-state index contributed by atoms with van der Waals surface area (Å²) in [5.41, 5.74) is 0.888. The molecular weight excluding hydrogens is 334 g/mol. The van der Waals surface area contributed by atoms with Gasteiger partial charge in [0.2, 0.25) is 11.8 Å². The standard InChI is InChI=1S/C16H22ClN3O4/c1-3-20(11-15(22)19-16(23)24-4-2)10-14(21)18-9-12-6-5-7-13(17)8-12/h5-8H,3-4,9-11H2,1-2H3,(H,18,21)(H,19,22,23). The average molecular weight is 356 g/mol. The summed E-state index contributed by atoms with van der Waals surface area (Å²) in [6, 6.07) is 7.19. The van der Waals surface area contributed by atoms with E-state index in [0.717, 1.165) is 5.56 Å². The molecule has 0 saturated carbocycles. The molecule has 3 amide bonds. The van der Waals surface area contributed by atoms with Crippen molar-refractivity contribution in [3.05, 3.63) is 34.9 Å². The molecule has 0 unspecified atom stereocenters. The summed E-state index contributed by atoms with van der Waals surface area (Å²) < 4.78 is 4.63. The average Bonchev–Trinajstić information content (AvgIpc) is 2.52. The summed E-state index contributed by atoms with van der Waals surface area (Å²) in [6.45, 7) is 4.47. The Hall–Kier alpha value is -2.12. The van der Waals surface area contributed by atoms with Crippen LogP contribution in [0, 0.1) is 0 Å². The number of rotatable bonds is 8. The fraction of sp³-hybridized carbons (Fsp3) is 0.438. The van der Waals surface area contributed by atoms with Gasteiger partial charge in [-0.25, -0.2) is 4.79 Å². The van der Waals surface area contributed by atoms with Crippen LogP contribution in [-0.2, 0) is 20.9 Å². The molecule has 8 heteroatoms. The molecule has 1 aromatic carbocycles. The van der Waals surface area contributed by atoms with E-state index in [1.54, 1.807) is 24.0 Å². The van der Waals surface area contributed by atoms with Gasteiger partial charge in [-0.2, -0.15) is 0 Å². The molecule has 1 aromatic rings. The van der Waals surface area contributed by atoms with Crippen molar-refractivity contribution in [2.75, 3.05) is 26.2 Å². The van der Waals surface area contributed by atoms with E-state index in [2.05, 4.69) is 15.4 Å². The van der Waals surface area contributed by atoms with E-state index in [1.807, 2.05) is 19.1 Å². The number of imide groups is 1. The highest BCUT2D eigenvalue weighted by molar-refractivity contribution is 6.30. The predicted octanol–water partition coefficient (Wildman–Crippen LogP) is 1.55. The highest BCUT2D eigenvalue weighted by Gasteiger charge is 2.15. The summed E-state index contributed by atoms with van der Waals surface area (Å²) in [4.78, 5) is 36.4. The van der Waals surface area contributed by atoms with Crippen molar-refractivity contribution in [1.29, 1.82) is 0 Å². The number of hydrogen-bond donors (Lipinski definition) is 2. The maximum absolute atomic E-state index is 12.0. The lowest BCUT2D eigenvalue weighted by molar-refractivity contribution is -0.124. The Kier molecular flexibility index (Phi) is 8.81. The molecule has 0 aliphatic rings. The van der Waals surface area contributed by atoms with Gasteiger partial charge in [0.25, 0.3) is 0 Å². The van der Waals surface area contributed by atoms with Crippen molar-refractivity contribution in [2.45, 2.75) is 20.4 Å². The van der Waals surface area contributed by atoms with Crippen LogP contribution in [0.25, 0.3) is 0 Å². The van der Waals surface area contributed by atoms with E-state index >= 15 is 0 Å². The Balaban J connectivity index is 2.39. The number of amides is 3. The van der Waals surface area contributed by atoms with Crippen LogP contribution in [0.15, 0.2) is 24.3 Å². The zero-order chi connectivity index (χ0) is 17.9. The molecule has 0 spiro atoms. The molecular formula is C16H22ClN3O4. The number of hydrogen-bond acceptors (Lipinski definition) is 5. The third kappa shape index (κ3) is 7.94. The minimum absolute atomic E-state index is 0.0489. The highest BCUT2D eigenvalue weighted by atomic mass is 35.5. The molecule has 0 aliphatic heterocycles. The Morgan fingerprint density at radius 2 is 1.88 bits per heavy atom. The molecule has 0 aliphatic carbocycles. The smallest absolute Gasteiger partial charge is 0.413 e. The maximum Gasteiger partial charge on any atom is 0.413 e. The first-order chi connectivity index (χ1) is 11.4. The minimum Gasteiger partial charge on any atom is -0.450 e. The first-order valence-corrected chi connectivity index (χ1v) is 8.02. The van der Waals surface area contributed by atoms with Crippen LogP contribution in [0.5, 0.6) is 0 Å². The van der Waals surface area contributed by atoms with Crippen molar-refractivity contribution in [3.63, 3.8) is 0 Å². The van der Waals surface area contributed by atoms with Gasteiger partial charge >= 0.3 is 6.09 Å². The summed E-state index contributed by atoms with van der Waals surface area (Å²) in [5, 5.41) is 5.46. The van der Waals surface area contributed by atoms with Crippen molar-refractivity contribution >= 4 is 29.5 Å². The number of carbonyl (C=O) groups excluding carboxylic acids is 3. The predicted molar refractivity (Wildman–Crippen MR) is 90.6 cm³/mol. The summed E-state index contributed by atoms with van der Waals surface area (Å²) in [7, 11) is 0. The van der Waals surface area contributed by atoms with Crippen LogP contribution in [0.3, 0.4) is 0 Å². The van der Waals surface area contributed by atoms with E-state index in [4.69, 9.17) is 11.6 Å². The van der Waals surface area contributed by atoms with Crippen molar-refractivity contribution in [3.8, 4) is 0 Å². The second-order valence-electron chi connectivity index (χ2n) is 4.98. The Labute approximate surface area is 146 Å². The van der Waals surface area contributed by atoms with E-state index in [9.17, 15) is 14.4 Å². The topological polar surface area (TPSA) is 87.7 Å². The number of ether oxygens (including phenoxy) is 1. The monoisotopic (exact) mass is 355 g/mol. The highest BCUT2D eigenvalue weighted by Crippen LogP contribution is 2.10. The molecule has 0 fully saturated rings. The lowest BCUT2D eigenvalue weighted by Gasteiger charge is -2.19. The fourth-order valence-corrected chi connectivity index (χ4v) is 2.12. The van der Waals surface area contributed by atoms with Gasteiger partial charge in [-0.3, -0.25) is 19.8 Å². The van der Waals surface area contributed by atoms with Gasteiger partial charge in [-0.15, -0.1) is 0 Å². The van der Waals surface area contributed by atoms with Crippen LogP contribution in [0.4, 0.5) is 4.79 Å². The molecule has 2 N–H and O–H groups in total. The quantitative estimate of drug-likeness (QED) is 0.738. The zero-order valence-corrected chi connectivity index (χ0v) is 14.6. The van der Waals surface area contributed by atoms with Crippen molar-refractivity contribution in [1.82, 2.24) is 15.5 Å². The second-order valence-corrected chi connectivity index (χ2v) is 5.42. The molecule has 0 bridgehead atoms. The van der Waals surface area contributed by atoms with Crippen LogP contribution in [0.2, 0.25) is 5.02 Å². The van der Waals surface area contributed by atoms with Gasteiger partial charge in [-0.1, -0.05) is 30.7 Å². The summed E-state index contributed by atoms with van der Waals surface area (Å²) >= 11 is 5.89. The minimum atomic E-state index is -0.788. The van der Waals surface area contributed by atoms with Gasteiger partial charge < -0.3 is 10.1 Å². The molecule has 0 atom stereocenters. The number of nitrogens with one attached hydrogen (secondary N) is 2. The third-order valence-corrected chi connectivity index (χ3v) is 3.31. The maximum atomic E-state index is 12.0. The number of benzene rings is 1. The van der Waals surface area contributed by atoms with E-state index in [1.165, 1.54) is 0 Å². The summed E-state index contributed by atoms with van der Waals surface area (Å²) in [5.74, 6) is -0.737. The fourth-order valence-electron chi connectivity index (χ4n) is 1.91. The zero-order valence-electron chi connectivity index (χ0n) is 13.8. The lowest BCUT2D eigenvalue weighted by atomic mass is 10.2. The van der Waals surface area contributed by atoms with E-state index in [0.29, 0.717) is 18.1 Å². The largest absolute Gasteiger partial charge is 0.450 e. The second kappa shape index (κ2) is 10.6. The molecule has 1 rings (SSSR count). The molecule has 7 nitrogen and oxygen atoms in total. The first-order valence-electron chi connectivity index (χ1n) is 7.64. The van der Waals surface area contributed by atoms with Crippen LogP contribution in [-0.4, -0.2) is 49.0 Å². The number of alkyl carbamates (subject to hydrolysis) is 1. The van der Waals surface area contributed by atoms with Crippen molar-refractivity contribution in [2.24, 2.45) is 0 Å². The van der Waals surface area contributed by atoms with Gasteiger partial charge in [0, 0.05) is 11.6 Å².